The Hall–Kier alpha value is -1.10. The summed E-state index contributed by atoms with van der Waals surface area (Å²) in [5.41, 5.74) is 0.577. The lowest BCUT2D eigenvalue weighted by Crippen LogP contribution is -2.43. The zero-order valence-corrected chi connectivity index (χ0v) is 13.4. The van der Waals surface area contributed by atoms with Gasteiger partial charge in [-0.05, 0) is 37.1 Å². The van der Waals surface area contributed by atoms with Gasteiger partial charge in [-0.25, -0.2) is 0 Å². The van der Waals surface area contributed by atoms with Gasteiger partial charge in [-0.15, -0.1) is 0 Å². The molecule has 2 atom stereocenters. The number of carbonyl (C=O) groups excluding carboxylic acids is 1. The first kappa shape index (κ1) is 15.8. The number of nitrogens with zero attached hydrogens (tertiary/aromatic N) is 1. The number of benzene rings is 1. The second-order valence-electron chi connectivity index (χ2n) is 6.40. The molecule has 22 heavy (non-hydrogen) atoms. The van der Waals surface area contributed by atoms with Gasteiger partial charge in [0, 0.05) is 29.7 Å². The highest BCUT2D eigenvalue weighted by Gasteiger charge is 2.36. The quantitative estimate of drug-likeness (QED) is 0.898. The highest BCUT2D eigenvalue weighted by molar-refractivity contribution is 6.30. The van der Waals surface area contributed by atoms with Gasteiger partial charge in [0.2, 0.25) is 0 Å². The molecule has 4 nitrogen and oxygen atoms in total. The molecule has 2 aliphatic rings. The molecule has 1 heterocycles. The smallest absolute Gasteiger partial charge is 0.251 e. The van der Waals surface area contributed by atoms with Crippen molar-refractivity contribution in [1.29, 1.82) is 0 Å². The van der Waals surface area contributed by atoms with E-state index in [1.165, 1.54) is 32.1 Å². The van der Waals surface area contributed by atoms with Gasteiger partial charge in [0.1, 0.15) is 0 Å². The van der Waals surface area contributed by atoms with Crippen LogP contribution in [0.2, 0.25) is 5.02 Å². The van der Waals surface area contributed by atoms with Crippen LogP contribution in [0.15, 0.2) is 24.3 Å². The molecule has 1 saturated carbocycles. The molecule has 3 rings (SSSR count). The van der Waals surface area contributed by atoms with Gasteiger partial charge >= 0.3 is 0 Å². The maximum Gasteiger partial charge on any atom is 0.251 e. The molecule has 2 fully saturated rings. The van der Waals surface area contributed by atoms with Crippen molar-refractivity contribution in [1.82, 2.24) is 10.2 Å². The van der Waals surface area contributed by atoms with Crippen LogP contribution in [0.5, 0.6) is 0 Å². The second kappa shape index (κ2) is 6.99. The number of aliphatic hydroxyl groups excluding tert-OH is 1. The van der Waals surface area contributed by atoms with E-state index in [0.717, 1.165) is 6.54 Å². The molecule has 0 spiro atoms. The summed E-state index contributed by atoms with van der Waals surface area (Å²) < 4.78 is 0. The number of amides is 1. The molecule has 1 aliphatic heterocycles. The lowest BCUT2D eigenvalue weighted by Gasteiger charge is -2.30. The number of aliphatic hydroxyl groups is 1. The van der Waals surface area contributed by atoms with Gasteiger partial charge in [-0.1, -0.05) is 30.9 Å². The predicted molar refractivity (Wildman–Crippen MR) is 87.2 cm³/mol. The third-order valence-corrected chi connectivity index (χ3v) is 5.08. The number of hydrogen-bond acceptors (Lipinski definition) is 3. The fourth-order valence-corrected chi connectivity index (χ4v) is 3.68. The highest BCUT2D eigenvalue weighted by Crippen LogP contribution is 2.26. The Balaban J connectivity index is 1.58. The topological polar surface area (TPSA) is 52.6 Å². The van der Waals surface area contributed by atoms with E-state index in [0.29, 0.717) is 23.2 Å². The predicted octanol–water partition coefficient (Wildman–Crippen LogP) is 2.45. The minimum absolute atomic E-state index is 0.147. The number of carbonyl (C=O) groups is 1. The lowest BCUT2D eigenvalue weighted by atomic mass is 9.94. The van der Waals surface area contributed by atoms with Gasteiger partial charge < -0.3 is 10.4 Å². The van der Waals surface area contributed by atoms with Gasteiger partial charge in [-0.2, -0.15) is 0 Å². The average Bonchev–Trinajstić information content (AvgIpc) is 2.90. The van der Waals surface area contributed by atoms with E-state index in [4.69, 9.17) is 11.6 Å². The molecule has 2 N–H and O–H groups in total. The van der Waals surface area contributed by atoms with Crippen molar-refractivity contribution < 1.29 is 9.90 Å². The van der Waals surface area contributed by atoms with Crippen molar-refractivity contribution in [2.24, 2.45) is 0 Å². The summed E-state index contributed by atoms with van der Waals surface area (Å²) in [4.78, 5) is 14.6. The average molecular weight is 323 g/mol. The van der Waals surface area contributed by atoms with Crippen molar-refractivity contribution in [3.8, 4) is 0 Å². The molecule has 1 aromatic rings. The van der Waals surface area contributed by atoms with Gasteiger partial charge in [-0.3, -0.25) is 9.69 Å². The van der Waals surface area contributed by atoms with Crippen molar-refractivity contribution >= 4 is 17.5 Å². The first-order chi connectivity index (χ1) is 10.6. The summed E-state index contributed by atoms with van der Waals surface area (Å²) in [6.45, 7) is 1.40. The monoisotopic (exact) mass is 322 g/mol. The van der Waals surface area contributed by atoms with E-state index in [-0.39, 0.29) is 11.9 Å². The number of halogens is 1. The number of rotatable bonds is 3. The van der Waals surface area contributed by atoms with Crippen LogP contribution in [0.4, 0.5) is 0 Å². The van der Waals surface area contributed by atoms with Crippen molar-refractivity contribution in [3.63, 3.8) is 0 Å². The minimum Gasteiger partial charge on any atom is -0.390 e. The van der Waals surface area contributed by atoms with Crippen LogP contribution < -0.4 is 5.32 Å². The van der Waals surface area contributed by atoms with Crippen LogP contribution in [-0.2, 0) is 0 Å². The first-order valence-corrected chi connectivity index (χ1v) is 8.50. The Kier molecular flexibility index (Phi) is 5.01. The van der Waals surface area contributed by atoms with E-state index in [2.05, 4.69) is 10.2 Å². The van der Waals surface area contributed by atoms with Crippen LogP contribution in [0.3, 0.4) is 0 Å². The molecule has 0 unspecified atom stereocenters. The zero-order valence-electron chi connectivity index (χ0n) is 12.7. The van der Waals surface area contributed by atoms with Crippen LogP contribution in [-0.4, -0.2) is 47.2 Å². The summed E-state index contributed by atoms with van der Waals surface area (Å²) in [6.07, 6.45) is 5.81. The largest absolute Gasteiger partial charge is 0.390 e. The Labute approximate surface area is 136 Å². The van der Waals surface area contributed by atoms with E-state index < -0.39 is 6.10 Å². The Morgan fingerprint density at radius 1 is 1.14 bits per heavy atom. The highest BCUT2D eigenvalue weighted by atomic mass is 35.5. The maximum absolute atomic E-state index is 12.3. The van der Waals surface area contributed by atoms with Crippen LogP contribution in [0.25, 0.3) is 0 Å². The number of β-amino-alcohol motifs (C(OH)–C–C–N with tert-alkyl or cyclic N) is 1. The summed E-state index contributed by atoms with van der Waals surface area (Å²) in [7, 11) is 0. The van der Waals surface area contributed by atoms with Gasteiger partial charge in [0.05, 0.1) is 12.1 Å². The normalized spacial score (nSPS) is 27.0. The molecule has 120 valence electrons. The third kappa shape index (κ3) is 3.62. The second-order valence-corrected chi connectivity index (χ2v) is 6.84. The van der Waals surface area contributed by atoms with Crippen molar-refractivity contribution in [3.05, 3.63) is 34.9 Å². The number of nitrogens with one attached hydrogen (secondary N) is 1. The van der Waals surface area contributed by atoms with Crippen molar-refractivity contribution in [2.45, 2.75) is 50.3 Å². The standard InChI is InChI=1S/C17H23ClN2O2/c18-13-8-6-12(7-9-13)17(22)19-15-10-20(11-16(15)21)14-4-2-1-3-5-14/h6-9,14-16,21H,1-5,10-11H2,(H,19,22)/t15-,16+/m1/s1. The SMILES string of the molecule is O=C(N[C@@H]1CN(C2CCCCC2)C[C@@H]1O)c1ccc(Cl)cc1. The molecule has 0 radical (unpaired) electrons. The third-order valence-electron chi connectivity index (χ3n) is 4.83. The molecule has 1 aliphatic carbocycles. The lowest BCUT2D eigenvalue weighted by molar-refractivity contribution is 0.0887. The molecule has 1 saturated heterocycles. The van der Waals surface area contributed by atoms with Crippen LogP contribution in [0.1, 0.15) is 42.5 Å². The zero-order chi connectivity index (χ0) is 15.5. The molecule has 5 heteroatoms. The van der Waals surface area contributed by atoms with Gasteiger partial charge in [0.15, 0.2) is 0 Å². The summed E-state index contributed by atoms with van der Waals surface area (Å²) in [6, 6.07) is 7.20. The molecule has 1 amide bonds. The maximum atomic E-state index is 12.3. The van der Waals surface area contributed by atoms with Crippen LogP contribution in [0, 0.1) is 0 Å². The summed E-state index contributed by atoms with van der Waals surface area (Å²) >= 11 is 5.84. The van der Waals surface area contributed by atoms with Gasteiger partial charge in [0.25, 0.3) is 5.91 Å². The minimum atomic E-state index is -0.488. The molecule has 1 aromatic carbocycles. The first-order valence-electron chi connectivity index (χ1n) is 8.12. The number of hydrogen-bond donors (Lipinski definition) is 2. The van der Waals surface area contributed by atoms with Crippen LogP contribution >= 0.6 is 11.6 Å². The van der Waals surface area contributed by atoms with E-state index in [1.54, 1.807) is 24.3 Å². The summed E-state index contributed by atoms with van der Waals surface area (Å²) in [5.74, 6) is -0.147. The number of likely N-dealkylation sites (tertiary alicyclic amines) is 1. The fourth-order valence-electron chi connectivity index (χ4n) is 3.56. The Morgan fingerprint density at radius 3 is 2.50 bits per heavy atom. The molecule has 0 bridgehead atoms. The van der Waals surface area contributed by atoms with E-state index >= 15 is 0 Å². The molecular weight excluding hydrogens is 300 g/mol. The molecule has 0 aromatic heterocycles. The van der Waals surface area contributed by atoms with E-state index in [9.17, 15) is 9.90 Å². The Bertz CT molecular complexity index is 514. The van der Waals surface area contributed by atoms with E-state index in [1.807, 2.05) is 0 Å². The molecular formula is C17H23ClN2O2. The Morgan fingerprint density at radius 2 is 1.82 bits per heavy atom. The fraction of sp³-hybridized carbons (Fsp3) is 0.588. The summed E-state index contributed by atoms with van der Waals surface area (Å²) in [5, 5.41) is 13.8. The van der Waals surface area contributed by atoms with Crippen molar-refractivity contribution in [2.75, 3.05) is 13.1 Å².